The summed E-state index contributed by atoms with van der Waals surface area (Å²) >= 11 is 0. The van der Waals surface area contributed by atoms with Gasteiger partial charge < -0.3 is 9.64 Å². The third-order valence-electron chi connectivity index (χ3n) is 2.60. The zero-order valence-corrected chi connectivity index (χ0v) is 8.85. The maximum atomic E-state index is 11.5. The molecule has 1 saturated heterocycles. The van der Waals surface area contributed by atoms with E-state index in [0.717, 1.165) is 18.7 Å². The summed E-state index contributed by atoms with van der Waals surface area (Å²) in [4.78, 5) is 13.2. The van der Waals surface area contributed by atoms with Crippen LogP contribution < -0.4 is 4.74 Å². The quantitative estimate of drug-likeness (QED) is 0.755. The van der Waals surface area contributed by atoms with Gasteiger partial charge in [-0.2, -0.15) is 0 Å². The SMILES string of the molecule is CC(Oc1ccccc1)N1CCCC1=O. The normalized spacial score (nSPS) is 17.9. The molecule has 0 aliphatic carbocycles. The van der Waals surface area contributed by atoms with E-state index in [4.69, 9.17) is 4.74 Å². The van der Waals surface area contributed by atoms with Gasteiger partial charge in [0.1, 0.15) is 5.75 Å². The molecule has 0 radical (unpaired) electrons. The molecule has 1 aliphatic heterocycles. The van der Waals surface area contributed by atoms with E-state index in [2.05, 4.69) is 0 Å². The average molecular weight is 205 g/mol. The van der Waals surface area contributed by atoms with Crippen LogP contribution in [0.3, 0.4) is 0 Å². The molecule has 0 saturated carbocycles. The Balaban J connectivity index is 1.97. The fourth-order valence-corrected chi connectivity index (χ4v) is 1.81. The molecule has 0 spiro atoms. The highest BCUT2D eigenvalue weighted by atomic mass is 16.5. The molecular formula is C12H15NO2. The van der Waals surface area contributed by atoms with Crippen LogP contribution in [0.5, 0.6) is 5.75 Å². The van der Waals surface area contributed by atoms with Gasteiger partial charge in [-0.15, -0.1) is 0 Å². The number of likely N-dealkylation sites (tertiary alicyclic amines) is 1. The second-order valence-corrected chi connectivity index (χ2v) is 3.72. The number of hydrogen-bond donors (Lipinski definition) is 0. The molecule has 1 aliphatic rings. The van der Waals surface area contributed by atoms with E-state index in [-0.39, 0.29) is 12.1 Å². The van der Waals surface area contributed by atoms with Gasteiger partial charge in [-0.3, -0.25) is 4.79 Å². The van der Waals surface area contributed by atoms with Crippen molar-refractivity contribution in [1.29, 1.82) is 0 Å². The van der Waals surface area contributed by atoms with E-state index >= 15 is 0 Å². The van der Waals surface area contributed by atoms with Gasteiger partial charge in [0, 0.05) is 13.0 Å². The van der Waals surface area contributed by atoms with Crippen LogP contribution in [0, 0.1) is 0 Å². The van der Waals surface area contributed by atoms with Gasteiger partial charge in [-0.25, -0.2) is 0 Å². The van der Waals surface area contributed by atoms with Crippen molar-refractivity contribution in [3.8, 4) is 5.75 Å². The van der Waals surface area contributed by atoms with Crippen molar-refractivity contribution in [3.63, 3.8) is 0 Å². The number of hydrogen-bond acceptors (Lipinski definition) is 2. The molecule has 1 unspecified atom stereocenters. The first-order valence-corrected chi connectivity index (χ1v) is 5.28. The summed E-state index contributed by atoms with van der Waals surface area (Å²) in [6.45, 7) is 2.73. The standard InChI is InChI=1S/C12H15NO2/c1-10(13-9-5-8-12(13)14)15-11-6-3-2-4-7-11/h2-4,6-7,10H,5,8-9H2,1H3. The van der Waals surface area contributed by atoms with Crippen molar-refractivity contribution >= 4 is 5.91 Å². The lowest BCUT2D eigenvalue weighted by Gasteiger charge is -2.24. The van der Waals surface area contributed by atoms with Gasteiger partial charge in [0.2, 0.25) is 5.91 Å². The number of carbonyl (C=O) groups excluding carboxylic acids is 1. The molecule has 3 nitrogen and oxygen atoms in total. The van der Waals surface area contributed by atoms with Crippen LogP contribution in [0.2, 0.25) is 0 Å². The lowest BCUT2D eigenvalue weighted by Crippen LogP contribution is -2.37. The number of amides is 1. The highest BCUT2D eigenvalue weighted by molar-refractivity contribution is 5.78. The summed E-state index contributed by atoms with van der Waals surface area (Å²) in [5, 5.41) is 0. The Labute approximate surface area is 89.7 Å². The molecule has 80 valence electrons. The van der Waals surface area contributed by atoms with E-state index < -0.39 is 0 Å². The summed E-state index contributed by atoms with van der Waals surface area (Å²) in [6.07, 6.45) is 1.44. The Morgan fingerprint density at radius 1 is 1.33 bits per heavy atom. The molecular weight excluding hydrogens is 190 g/mol. The van der Waals surface area contributed by atoms with E-state index in [1.54, 1.807) is 4.90 Å². The van der Waals surface area contributed by atoms with Crippen LogP contribution in [0.4, 0.5) is 0 Å². The van der Waals surface area contributed by atoms with Crippen molar-refractivity contribution < 1.29 is 9.53 Å². The number of para-hydroxylation sites is 1. The van der Waals surface area contributed by atoms with Crippen LogP contribution in [0.15, 0.2) is 30.3 Å². The van der Waals surface area contributed by atoms with Crippen molar-refractivity contribution in [2.75, 3.05) is 6.54 Å². The topological polar surface area (TPSA) is 29.5 Å². The van der Waals surface area contributed by atoms with Crippen LogP contribution in [-0.2, 0) is 4.79 Å². The van der Waals surface area contributed by atoms with Gasteiger partial charge in [0.15, 0.2) is 6.23 Å². The van der Waals surface area contributed by atoms with E-state index in [1.807, 2.05) is 37.3 Å². The monoisotopic (exact) mass is 205 g/mol. The fraction of sp³-hybridized carbons (Fsp3) is 0.417. The molecule has 1 amide bonds. The van der Waals surface area contributed by atoms with Gasteiger partial charge in [-0.1, -0.05) is 18.2 Å². The minimum atomic E-state index is -0.164. The molecule has 15 heavy (non-hydrogen) atoms. The van der Waals surface area contributed by atoms with Crippen molar-refractivity contribution in [1.82, 2.24) is 4.90 Å². The summed E-state index contributed by atoms with van der Waals surface area (Å²) in [6, 6.07) is 9.59. The summed E-state index contributed by atoms with van der Waals surface area (Å²) in [5.74, 6) is 1.00. The minimum Gasteiger partial charge on any atom is -0.471 e. The van der Waals surface area contributed by atoms with Crippen molar-refractivity contribution in [2.45, 2.75) is 26.0 Å². The highest BCUT2D eigenvalue weighted by Crippen LogP contribution is 2.17. The second-order valence-electron chi connectivity index (χ2n) is 3.72. The third-order valence-corrected chi connectivity index (χ3v) is 2.60. The Kier molecular flexibility index (Phi) is 2.90. The summed E-state index contributed by atoms with van der Waals surface area (Å²) in [7, 11) is 0. The zero-order chi connectivity index (χ0) is 10.7. The van der Waals surface area contributed by atoms with Gasteiger partial charge in [0.25, 0.3) is 0 Å². The highest BCUT2D eigenvalue weighted by Gasteiger charge is 2.25. The van der Waals surface area contributed by atoms with Crippen molar-refractivity contribution in [2.24, 2.45) is 0 Å². The maximum Gasteiger partial charge on any atom is 0.225 e. The Bertz CT molecular complexity index is 337. The van der Waals surface area contributed by atoms with E-state index in [0.29, 0.717) is 6.42 Å². The molecule has 1 aromatic rings. The molecule has 2 rings (SSSR count). The number of ether oxygens (including phenoxy) is 1. The molecule has 3 heteroatoms. The van der Waals surface area contributed by atoms with E-state index in [1.165, 1.54) is 0 Å². The Hall–Kier alpha value is -1.51. The predicted molar refractivity (Wildman–Crippen MR) is 57.5 cm³/mol. The maximum absolute atomic E-state index is 11.5. The molecule has 1 atom stereocenters. The lowest BCUT2D eigenvalue weighted by molar-refractivity contribution is -0.134. The molecule has 0 N–H and O–H groups in total. The average Bonchev–Trinajstić information content (AvgIpc) is 2.66. The predicted octanol–water partition coefficient (Wildman–Crippen LogP) is 2.03. The number of nitrogens with zero attached hydrogens (tertiary/aromatic N) is 1. The molecule has 1 aromatic carbocycles. The summed E-state index contributed by atoms with van der Waals surface area (Å²) < 4.78 is 5.67. The van der Waals surface area contributed by atoms with Crippen LogP contribution in [-0.4, -0.2) is 23.6 Å². The molecule has 1 heterocycles. The van der Waals surface area contributed by atoms with E-state index in [9.17, 15) is 4.79 Å². The smallest absolute Gasteiger partial charge is 0.225 e. The van der Waals surface area contributed by atoms with Gasteiger partial charge in [0.05, 0.1) is 0 Å². The number of benzene rings is 1. The first-order chi connectivity index (χ1) is 7.27. The summed E-state index contributed by atoms with van der Waals surface area (Å²) in [5.41, 5.74) is 0. The Morgan fingerprint density at radius 2 is 2.07 bits per heavy atom. The van der Waals surface area contributed by atoms with Crippen LogP contribution >= 0.6 is 0 Å². The molecule has 0 bridgehead atoms. The van der Waals surface area contributed by atoms with Gasteiger partial charge in [-0.05, 0) is 25.5 Å². The first-order valence-electron chi connectivity index (χ1n) is 5.28. The zero-order valence-electron chi connectivity index (χ0n) is 8.85. The second kappa shape index (κ2) is 4.34. The minimum absolute atomic E-state index is 0.164. The number of carbonyl (C=O) groups is 1. The third kappa shape index (κ3) is 2.29. The first kappa shape index (κ1) is 10.0. The van der Waals surface area contributed by atoms with Crippen LogP contribution in [0.1, 0.15) is 19.8 Å². The Morgan fingerprint density at radius 3 is 2.67 bits per heavy atom. The molecule has 0 aromatic heterocycles. The number of rotatable bonds is 3. The van der Waals surface area contributed by atoms with Gasteiger partial charge >= 0.3 is 0 Å². The fourth-order valence-electron chi connectivity index (χ4n) is 1.81. The molecule has 1 fully saturated rings. The van der Waals surface area contributed by atoms with Crippen LogP contribution in [0.25, 0.3) is 0 Å². The largest absolute Gasteiger partial charge is 0.471 e. The lowest BCUT2D eigenvalue weighted by atomic mass is 10.3. The van der Waals surface area contributed by atoms with Crippen molar-refractivity contribution in [3.05, 3.63) is 30.3 Å².